The molecule has 0 bridgehead atoms. The van der Waals surface area contributed by atoms with E-state index < -0.39 is 23.2 Å². The molecule has 1 heterocycles. The van der Waals surface area contributed by atoms with E-state index in [1.54, 1.807) is 0 Å². The average molecular weight is 241 g/mol. The highest BCUT2D eigenvalue weighted by molar-refractivity contribution is 5.88. The van der Waals surface area contributed by atoms with Gasteiger partial charge in [0, 0.05) is 0 Å². The summed E-state index contributed by atoms with van der Waals surface area (Å²) in [7, 11) is 0. The van der Waals surface area contributed by atoms with Crippen molar-refractivity contribution in [3.63, 3.8) is 0 Å². The van der Waals surface area contributed by atoms with E-state index in [9.17, 15) is 13.6 Å². The van der Waals surface area contributed by atoms with Crippen molar-refractivity contribution in [3.05, 3.63) is 34.9 Å². The van der Waals surface area contributed by atoms with E-state index in [2.05, 4.69) is 5.32 Å². The lowest BCUT2D eigenvalue weighted by molar-refractivity contribution is 0.0690. The summed E-state index contributed by atoms with van der Waals surface area (Å²) >= 11 is 0. The predicted octanol–water partition coefficient (Wildman–Crippen LogP) is 2.13. The Morgan fingerprint density at radius 2 is 1.88 bits per heavy atom. The van der Waals surface area contributed by atoms with Gasteiger partial charge in [-0.2, -0.15) is 0 Å². The van der Waals surface area contributed by atoms with Crippen molar-refractivity contribution in [2.24, 2.45) is 0 Å². The number of carboxylic acids is 1. The van der Waals surface area contributed by atoms with Crippen molar-refractivity contribution in [1.82, 2.24) is 5.32 Å². The van der Waals surface area contributed by atoms with Gasteiger partial charge in [-0.25, -0.2) is 13.6 Å². The van der Waals surface area contributed by atoms with Gasteiger partial charge in [-0.3, -0.25) is 0 Å². The van der Waals surface area contributed by atoms with Crippen LogP contribution >= 0.6 is 0 Å². The number of carboxylic acid groups (broad SMARTS) is 1. The summed E-state index contributed by atoms with van der Waals surface area (Å²) in [6.45, 7) is 1.54. The molecule has 2 N–H and O–H groups in total. The highest BCUT2D eigenvalue weighted by atomic mass is 19.2. The molecule has 1 aliphatic heterocycles. The molecule has 0 atom stereocenters. The number of carbonyl (C=O) groups is 1. The first-order chi connectivity index (χ1) is 8.11. The molecule has 0 amide bonds. The third-order valence-corrected chi connectivity index (χ3v) is 3.12. The zero-order valence-corrected chi connectivity index (χ0v) is 9.17. The van der Waals surface area contributed by atoms with Crippen LogP contribution in [0, 0.1) is 11.6 Å². The summed E-state index contributed by atoms with van der Waals surface area (Å²) in [6.07, 6.45) is 1.48. The maximum Gasteiger partial charge on any atom is 0.338 e. The predicted molar refractivity (Wildman–Crippen MR) is 58.2 cm³/mol. The average Bonchev–Trinajstić information content (AvgIpc) is 2.33. The Kier molecular flexibility index (Phi) is 3.38. The zero-order valence-electron chi connectivity index (χ0n) is 9.17. The van der Waals surface area contributed by atoms with Gasteiger partial charge in [0.1, 0.15) is 0 Å². The monoisotopic (exact) mass is 241 g/mol. The quantitative estimate of drug-likeness (QED) is 0.834. The van der Waals surface area contributed by atoms with Crippen molar-refractivity contribution >= 4 is 5.97 Å². The molecule has 1 aliphatic rings. The van der Waals surface area contributed by atoms with E-state index in [0.29, 0.717) is 0 Å². The summed E-state index contributed by atoms with van der Waals surface area (Å²) in [5.74, 6) is -3.75. The number of rotatable bonds is 2. The Hall–Kier alpha value is -1.49. The van der Waals surface area contributed by atoms with Gasteiger partial charge < -0.3 is 10.4 Å². The third-order valence-electron chi connectivity index (χ3n) is 3.12. The minimum atomic E-state index is -1.45. The van der Waals surface area contributed by atoms with Crippen LogP contribution in [-0.4, -0.2) is 24.2 Å². The van der Waals surface area contributed by atoms with Crippen molar-refractivity contribution in [1.29, 1.82) is 0 Å². The van der Waals surface area contributed by atoms with E-state index in [1.807, 2.05) is 0 Å². The lowest BCUT2D eigenvalue weighted by Gasteiger charge is -2.23. The van der Waals surface area contributed by atoms with Gasteiger partial charge in [0.15, 0.2) is 11.6 Å². The fourth-order valence-corrected chi connectivity index (χ4v) is 2.18. The highest BCUT2D eigenvalue weighted by Gasteiger charge is 2.23. The first kappa shape index (κ1) is 12.0. The largest absolute Gasteiger partial charge is 0.478 e. The van der Waals surface area contributed by atoms with Crippen LogP contribution in [0.5, 0.6) is 0 Å². The van der Waals surface area contributed by atoms with Crippen molar-refractivity contribution in [2.45, 2.75) is 18.8 Å². The summed E-state index contributed by atoms with van der Waals surface area (Å²) in [5, 5.41) is 11.8. The first-order valence-corrected chi connectivity index (χ1v) is 5.53. The molecule has 0 spiro atoms. The van der Waals surface area contributed by atoms with E-state index >= 15 is 0 Å². The molecule has 1 aromatic carbocycles. The van der Waals surface area contributed by atoms with E-state index in [1.165, 1.54) is 6.07 Å². The van der Waals surface area contributed by atoms with Gasteiger partial charge in [0.25, 0.3) is 0 Å². The van der Waals surface area contributed by atoms with Crippen LogP contribution in [0.4, 0.5) is 8.78 Å². The summed E-state index contributed by atoms with van der Waals surface area (Å²) < 4.78 is 27.2. The molecule has 3 nitrogen and oxygen atoms in total. The molecule has 0 radical (unpaired) electrons. The van der Waals surface area contributed by atoms with Gasteiger partial charge >= 0.3 is 5.97 Å². The Labute approximate surface area is 97.5 Å². The van der Waals surface area contributed by atoms with Crippen LogP contribution in [-0.2, 0) is 0 Å². The smallest absolute Gasteiger partial charge is 0.338 e. The zero-order chi connectivity index (χ0) is 12.4. The standard InChI is InChI=1S/C12H13F2NO2/c13-10-8(7-3-5-15-6-4-7)1-2-9(11(10)14)12(16)17/h1-2,7,15H,3-6H2,(H,16,17). The number of hydrogen-bond acceptors (Lipinski definition) is 2. The number of halogens is 2. The Morgan fingerprint density at radius 3 is 2.47 bits per heavy atom. The second kappa shape index (κ2) is 4.79. The van der Waals surface area contributed by atoms with Crippen molar-refractivity contribution in [2.75, 3.05) is 13.1 Å². The summed E-state index contributed by atoms with van der Waals surface area (Å²) in [5.41, 5.74) is -0.325. The van der Waals surface area contributed by atoms with Crippen LogP contribution in [0.2, 0.25) is 0 Å². The number of piperidine rings is 1. The SMILES string of the molecule is O=C(O)c1ccc(C2CCNCC2)c(F)c1F. The number of benzene rings is 1. The van der Waals surface area contributed by atoms with Gasteiger partial charge in [-0.05, 0) is 43.5 Å². The van der Waals surface area contributed by atoms with Crippen molar-refractivity contribution < 1.29 is 18.7 Å². The molecule has 17 heavy (non-hydrogen) atoms. The molecular formula is C12H13F2NO2. The minimum Gasteiger partial charge on any atom is -0.478 e. The molecule has 5 heteroatoms. The highest BCUT2D eigenvalue weighted by Crippen LogP contribution is 2.29. The lowest BCUT2D eigenvalue weighted by atomic mass is 9.89. The normalized spacial score (nSPS) is 17.1. The molecule has 1 aromatic rings. The fraction of sp³-hybridized carbons (Fsp3) is 0.417. The topological polar surface area (TPSA) is 49.3 Å². The lowest BCUT2D eigenvalue weighted by Crippen LogP contribution is -2.27. The number of aromatic carboxylic acids is 1. The second-order valence-corrected chi connectivity index (χ2v) is 4.16. The van der Waals surface area contributed by atoms with Crippen LogP contribution < -0.4 is 5.32 Å². The first-order valence-electron chi connectivity index (χ1n) is 5.53. The second-order valence-electron chi connectivity index (χ2n) is 4.16. The molecule has 0 saturated carbocycles. The Bertz CT molecular complexity index is 442. The van der Waals surface area contributed by atoms with Gasteiger partial charge in [0.2, 0.25) is 0 Å². The summed E-state index contributed by atoms with van der Waals surface area (Å²) in [4.78, 5) is 10.6. The van der Waals surface area contributed by atoms with Crippen molar-refractivity contribution in [3.8, 4) is 0 Å². The third kappa shape index (κ3) is 2.29. The molecule has 2 rings (SSSR count). The minimum absolute atomic E-state index is 0.0337. The maximum absolute atomic E-state index is 13.7. The van der Waals surface area contributed by atoms with Gasteiger partial charge in [-0.1, -0.05) is 6.07 Å². The van der Waals surface area contributed by atoms with Gasteiger partial charge in [-0.15, -0.1) is 0 Å². The summed E-state index contributed by atoms with van der Waals surface area (Å²) in [6, 6.07) is 2.52. The van der Waals surface area contributed by atoms with Crippen LogP contribution in [0.1, 0.15) is 34.7 Å². The fourth-order valence-electron chi connectivity index (χ4n) is 2.18. The van der Waals surface area contributed by atoms with Crippen LogP contribution in [0.25, 0.3) is 0 Å². The Balaban J connectivity index is 2.36. The number of nitrogens with one attached hydrogen (secondary N) is 1. The molecule has 0 unspecified atom stereocenters. The molecule has 1 saturated heterocycles. The molecule has 0 aromatic heterocycles. The molecular weight excluding hydrogens is 228 g/mol. The van der Waals surface area contributed by atoms with Gasteiger partial charge in [0.05, 0.1) is 5.56 Å². The van der Waals surface area contributed by atoms with E-state index in [-0.39, 0.29) is 11.5 Å². The van der Waals surface area contributed by atoms with Crippen LogP contribution in [0.3, 0.4) is 0 Å². The Morgan fingerprint density at radius 1 is 1.24 bits per heavy atom. The van der Waals surface area contributed by atoms with E-state index in [4.69, 9.17) is 5.11 Å². The molecule has 0 aliphatic carbocycles. The maximum atomic E-state index is 13.7. The number of hydrogen-bond donors (Lipinski definition) is 2. The van der Waals surface area contributed by atoms with Crippen LogP contribution in [0.15, 0.2) is 12.1 Å². The molecule has 92 valence electrons. The van der Waals surface area contributed by atoms with E-state index in [0.717, 1.165) is 32.0 Å². The molecule has 1 fully saturated rings.